The molecule has 1 N–H and O–H groups in total. The molecule has 3 aromatic carbocycles. The van der Waals surface area contributed by atoms with E-state index < -0.39 is 0 Å². The first-order valence-electron chi connectivity index (χ1n) is 8.58. The third kappa shape index (κ3) is 3.85. The third-order valence-electron chi connectivity index (χ3n) is 4.26. The van der Waals surface area contributed by atoms with Crippen LogP contribution in [0.2, 0.25) is 0 Å². The number of rotatable bonds is 5. The lowest BCUT2D eigenvalue weighted by molar-refractivity contribution is 0.415. The lowest BCUT2D eigenvalue weighted by atomic mass is 10.1. The highest BCUT2D eigenvalue weighted by Gasteiger charge is 2.04. The van der Waals surface area contributed by atoms with Crippen LogP contribution in [0.4, 0.5) is 5.13 Å². The summed E-state index contributed by atoms with van der Waals surface area (Å²) in [6.07, 6.45) is 1.77. The minimum absolute atomic E-state index is 0.635. The summed E-state index contributed by atoms with van der Waals surface area (Å²) in [5.41, 5.74) is 6.43. The lowest BCUT2D eigenvalue weighted by Gasteiger charge is -2.03. The zero-order chi connectivity index (χ0) is 19.3. The Hall–Kier alpha value is -3.69. The van der Waals surface area contributed by atoms with Gasteiger partial charge in [0, 0.05) is 10.9 Å². The van der Waals surface area contributed by atoms with Crippen molar-refractivity contribution in [1.29, 1.82) is 5.26 Å². The van der Waals surface area contributed by atoms with Gasteiger partial charge in [-0.3, -0.25) is 5.43 Å². The fourth-order valence-electron chi connectivity index (χ4n) is 2.78. The second-order valence-electron chi connectivity index (χ2n) is 6.07. The third-order valence-corrected chi connectivity index (χ3v) is 5.01. The van der Waals surface area contributed by atoms with E-state index >= 15 is 0 Å². The van der Waals surface area contributed by atoms with Crippen LogP contribution >= 0.6 is 11.3 Å². The topological polar surface area (TPSA) is 70.3 Å². The van der Waals surface area contributed by atoms with E-state index in [2.05, 4.69) is 27.6 Å². The van der Waals surface area contributed by atoms with Crippen LogP contribution in [-0.4, -0.2) is 18.3 Å². The van der Waals surface area contributed by atoms with Crippen LogP contribution in [-0.2, 0) is 0 Å². The highest BCUT2D eigenvalue weighted by atomic mass is 32.1. The molecule has 0 atom stereocenters. The van der Waals surface area contributed by atoms with Gasteiger partial charge in [-0.2, -0.15) is 10.4 Å². The molecule has 4 aromatic rings. The maximum Gasteiger partial charge on any atom is 0.203 e. The molecule has 5 nitrogen and oxygen atoms in total. The predicted octanol–water partition coefficient (Wildman–Crippen LogP) is 5.29. The van der Waals surface area contributed by atoms with Crippen molar-refractivity contribution in [1.82, 2.24) is 4.98 Å². The fourth-order valence-corrected chi connectivity index (χ4v) is 3.45. The van der Waals surface area contributed by atoms with E-state index in [9.17, 15) is 0 Å². The van der Waals surface area contributed by atoms with E-state index in [4.69, 9.17) is 10.00 Å². The molecule has 6 heteroatoms. The maximum absolute atomic E-state index is 8.88. The predicted molar refractivity (Wildman–Crippen MR) is 114 cm³/mol. The second kappa shape index (κ2) is 7.91. The number of anilines is 1. The molecular weight excluding hydrogens is 368 g/mol. The van der Waals surface area contributed by atoms with E-state index in [0.717, 1.165) is 33.3 Å². The number of nitriles is 1. The van der Waals surface area contributed by atoms with Crippen molar-refractivity contribution < 1.29 is 4.74 Å². The maximum atomic E-state index is 8.88. The van der Waals surface area contributed by atoms with Gasteiger partial charge in [-0.1, -0.05) is 30.3 Å². The Balaban J connectivity index is 1.45. The van der Waals surface area contributed by atoms with Gasteiger partial charge in [0.2, 0.25) is 5.13 Å². The highest BCUT2D eigenvalue weighted by molar-refractivity contribution is 7.14. The summed E-state index contributed by atoms with van der Waals surface area (Å²) in [6, 6.07) is 21.6. The minimum atomic E-state index is 0.635. The van der Waals surface area contributed by atoms with Gasteiger partial charge in [0.25, 0.3) is 0 Å². The summed E-state index contributed by atoms with van der Waals surface area (Å²) in [6.45, 7) is 0. The van der Waals surface area contributed by atoms with E-state index in [0.29, 0.717) is 10.7 Å². The van der Waals surface area contributed by atoms with Gasteiger partial charge in [0.1, 0.15) is 5.75 Å². The van der Waals surface area contributed by atoms with Crippen molar-refractivity contribution in [2.45, 2.75) is 0 Å². The summed E-state index contributed by atoms with van der Waals surface area (Å²) >= 11 is 1.48. The molecule has 1 aromatic heterocycles. The molecule has 0 fully saturated rings. The van der Waals surface area contributed by atoms with Gasteiger partial charge in [0.15, 0.2) is 0 Å². The molecule has 28 heavy (non-hydrogen) atoms. The van der Waals surface area contributed by atoms with Gasteiger partial charge in [-0.15, -0.1) is 11.3 Å². The molecule has 0 saturated heterocycles. The van der Waals surface area contributed by atoms with Crippen molar-refractivity contribution >= 4 is 33.5 Å². The second-order valence-corrected chi connectivity index (χ2v) is 6.93. The molecule has 1 heterocycles. The van der Waals surface area contributed by atoms with Gasteiger partial charge in [-0.05, 0) is 46.7 Å². The fraction of sp³-hybridized carbons (Fsp3) is 0.0455. The summed E-state index contributed by atoms with van der Waals surface area (Å²) in [4.78, 5) is 4.53. The summed E-state index contributed by atoms with van der Waals surface area (Å²) in [5, 5.41) is 18.1. The Bertz CT molecular complexity index is 1190. The Morgan fingerprint density at radius 1 is 1.07 bits per heavy atom. The molecule has 0 amide bonds. The number of benzene rings is 3. The molecule has 0 aliphatic rings. The first kappa shape index (κ1) is 17.7. The molecule has 0 unspecified atom stereocenters. The Labute approximate surface area is 166 Å². The summed E-state index contributed by atoms with van der Waals surface area (Å²) in [7, 11) is 1.67. The number of ether oxygens (including phenoxy) is 1. The van der Waals surface area contributed by atoms with Gasteiger partial charge in [0.05, 0.1) is 30.7 Å². The molecule has 0 bridgehead atoms. The number of nitrogens with one attached hydrogen (secondary N) is 1. The molecule has 0 aliphatic carbocycles. The SMILES string of the molecule is COc1ccc2cc(/C=N/Nc3nc(-c4ccc(C#N)cc4)cs3)ccc2c1. The van der Waals surface area contributed by atoms with E-state index in [1.807, 2.05) is 47.8 Å². The normalized spacial score (nSPS) is 10.9. The van der Waals surface area contributed by atoms with Crippen molar-refractivity contribution in [3.63, 3.8) is 0 Å². The monoisotopic (exact) mass is 384 g/mol. The van der Waals surface area contributed by atoms with E-state index in [1.165, 1.54) is 11.3 Å². The van der Waals surface area contributed by atoms with Gasteiger partial charge < -0.3 is 4.74 Å². The van der Waals surface area contributed by atoms with Crippen LogP contribution in [0.5, 0.6) is 5.75 Å². The molecule has 0 aliphatic heterocycles. The Morgan fingerprint density at radius 3 is 2.64 bits per heavy atom. The first-order chi connectivity index (χ1) is 13.7. The zero-order valence-electron chi connectivity index (χ0n) is 15.1. The largest absolute Gasteiger partial charge is 0.497 e. The van der Waals surface area contributed by atoms with Crippen molar-refractivity contribution in [2.75, 3.05) is 12.5 Å². The van der Waals surface area contributed by atoms with Gasteiger partial charge >= 0.3 is 0 Å². The number of fused-ring (bicyclic) bond motifs is 1. The number of thiazole rings is 1. The number of hydrogen-bond acceptors (Lipinski definition) is 6. The van der Waals surface area contributed by atoms with Crippen LogP contribution in [0.3, 0.4) is 0 Å². The van der Waals surface area contributed by atoms with E-state index in [1.54, 1.807) is 25.5 Å². The molecule has 136 valence electrons. The van der Waals surface area contributed by atoms with E-state index in [-0.39, 0.29) is 0 Å². The van der Waals surface area contributed by atoms with Crippen LogP contribution in [0.25, 0.3) is 22.0 Å². The average Bonchev–Trinajstić information content (AvgIpc) is 3.22. The van der Waals surface area contributed by atoms with Crippen molar-refractivity contribution in [2.24, 2.45) is 5.10 Å². The Kier molecular flexibility index (Phi) is 5.00. The number of methoxy groups -OCH3 is 1. The number of hydrogen-bond donors (Lipinski definition) is 1. The molecule has 4 rings (SSSR count). The molecule has 0 saturated carbocycles. The van der Waals surface area contributed by atoms with Crippen molar-refractivity contribution in [3.05, 3.63) is 77.2 Å². The number of nitrogens with zero attached hydrogens (tertiary/aromatic N) is 3. The lowest BCUT2D eigenvalue weighted by Crippen LogP contribution is -1.90. The molecular formula is C22H16N4OS. The summed E-state index contributed by atoms with van der Waals surface area (Å²) < 4.78 is 5.26. The van der Waals surface area contributed by atoms with Crippen LogP contribution in [0, 0.1) is 11.3 Å². The molecule has 0 radical (unpaired) electrons. The van der Waals surface area contributed by atoms with Crippen LogP contribution < -0.4 is 10.2 Å². The average molecular weight is 384 g/mol. The Morgan fingerprint density at radius 2 is 1.86 bits per heavy atom. The number of aromatic nitrogens is 1. The standard InChI is InChI=1S/C22H16N4OS/c1-27-20-9-8-18-10-16(4-7-19(18)11-20)13-24-26-22-25-21(14-28-22)17-5-2-15(12-23)3-6-17/h2-11,13-14H,1H3,(H,25,26)/b24-13+. The van der Waals surface area contributed by atoms with Gasteiger partial charge in [-0.25, -0.2) is 4.98 Å². The first-order valence-corrected chi connectivity index (χ1v) is 9.46. The molecule has 0 spiro atoms. The smallest absolute Gasteiger partial charge is 0.203 e. The van der Waals surface area contributed by atoms with Crippen LogP contribution in [0.15, 0.2) is 71.1 Å². The quantitative estimate of drug-likeness (QED) is 0.375. The number of hydrazone groups is 1. The zero-order valence-corrected chi connectivity index (χ0v) is 15.9. The summed E-state index contributed by atoms with van der Waals surface area (Å²) in [5.74, 6) is 0.845. The van der Waals surface area contributed by atoms with Crippen molar-refractivity contribution in [3.8, 4) is 23.1 Å². The highest BCUT2D eigenvalue weighted by Crippen LogP contribution is 2.25. The van der Waals surface area contributed by atoms with Crippen LogP contribution in [0.1, 0.15) is 11.1 Å². The minimum Gasteiger partial charge on any atom is -0.497 e.